The number of benzene rings is 3. The molecular weight excluding hydrogens is 372 g/mol. The Hall–Kier alpha value is -3.40. The minimum Gasteiger partial charge on any atom is -0.351 e. The van der Waals surface area contributed by atoms with Crippen LogP contribution in [0, 0.1) is 6.92 Å². The predicted octanol–water partition coefficient (Wildman–Crippen LogP) is 4.15. The van der Waals surface area contributed by atoms with Gasteiger partial charge in [-0.05, 0) is 41.7 Å². The molecule has 0 aromatic heterocycles. The van der Waals surface area contributed by atoms with Crippen LogP contribution in [0.2, 0.25) is 0 Å². The van der Waals surface area contributed by atoms with E-state index in [1.54, 1.807) is 0 Å². The van der Waals surface area contributed by atoms with Crippen molar-refractivity contribution in [3.63, 3.8) is 0 Å². The number of carbonyl (C=O) groups excluding carboxylic acids is 2. The molecule has 2 aliphatic heterocycles. The Kier molecular flexibility index (Phi) is 4.62. The SMILES string of the molecule is Cc1ccc(CNC(=O)[C@H]2c3ccccc3C(=O)N3CCc4ccccc4[C@H]23)cc1. The zero-order valence-corrected chi connectivity index (χ0v) is 17.0. The number of hydrogen-bond acceptors (Lipinski definition) is 2. The lowest BCUT2D eigenvalue weighted by atomic mass is 9.76. The van der Waals surface area contributed by atoms with Crippen molar-refractivity contribution in [1.29, 1.82) is 0 Å². The average Bonchev–Trinajstić information content (AvgIpc) is 2.79. The molecule has 0 saturated carbocycles. The van der Waals surface area contributed by atoms with Crippen LogP contribution in [0.25, 0.3) is 0 Å². The molecule has 0 fully saturated rings. The minimum absolute atomic E-state index is 0.0210. The maximum Gasteiger partial charge on any atom is 0.254 e. The molecular formula is C26H24N2O2. The Morgan fingerprint density at radius 3 is 2.47 bits per heavy atom. The van der Waals surface area contributed by atoms with Gasteiger partial charge in [0.05, 0.1) is 12.0 Å². The summed E-state index contributed by atoms with van der Waals surface area (Å²) in [6.07, 6.45) is 0.818. The highest BCUT2D eigenvalue weighted by atomic mass is 16.2. The molecule has 0 bridgehead atoms. The summed E-state index contributed by atoms with van der Waals surface area (Å²) in [4.78, 5) is 28.6. The molecule has 2 atom stereocenters. The fourth-order valence-corrected chi connectivity index (χ4v) is 4.76. The van der Waals surface area contributed by atoms with Crippen LogP contribution in [0.1, 0.15) is 50.1 Å². The van der Waals surface area contributed by atoms with Gasteiger partial charge in [-0.1, -0.05) is 72.3 Å². The molecule has 0 spiro atoms. The molecule has 2 heterocycles. The van der Waals surface area contributed by atoms with Crippen LogP contribution in [0.15, 0.2) is 72.8 Å². The van der Waals surface area contributed by atoms with E-state index in [1.807, 2.05) is 60.4 Å². The number of nitrogens with one attached hydrogen (secondary N) is 1. The molecule has 2 aliphatic rings. The highest BCUT2D eigenvalue weighted by Gasteiger charge is 2.45. The van der Waals surface area contributed by atoms with Crippen molar-refractivity contribution in [3.05, 3.63) is 106 Å². The molecule has 0 radical (unpaired) electrons. The highest BCUT2D eigenvalue weighted by Crippen LogP contribution is 2.45. The summed E-state index contributed by atoms with van der Waals surface area (Å²) in [5.41, 5.74) is 6.03. The third-order valence-electron chi connectivity index (χ3n) is 6.30. The Labute approximate surface area is 176 Å². The summed E-state index contributed by atoms with van der Waals surface area (Å²) in [5, 5.41) is 3.13. The molecule has 3 aromatic rings. The van der Waals surface area contributed by atoms with Gasteiger partial charge in [0.15, 0.2) is 0 Å². The number of aryl methyl sites for hydroxylation is 1. The summed E-state index contributed by atoms with van der Waals surface area (Å²) in [5.74, 6) is -0.444. The van der Waals surface area contributed by atoms with Crippen LogP contribution in [0.5, 0.6) is 0 Å². The number of hydrogen-bond donors (Lipinski definition) is 1. The number of nitrogens with zero attached hydrogens (tertiary/aromatic N) is 1. The van der Waals surface area contributed by atoms with Crippen LogP contribution in [0.4, 0.5) is 0 Å². The lowest BCUT2D eigenvalue weighted by molar-refractivity contribution is -0.124. The van der Waals surface area contributed by atoms with E-state index in [4.69, 9.17) is 0 Å². The van der Waals surface area contributed by atoms with Crippen molar-refractivity contribution in [2.24, 2.45) is 0 Å². The molecule has 4 nitrogen and oxygen atoms in total. The molecule has 30 heavy (non-hydrogen) atoms. The van der Waals surface area contributed by atoms with Gasteiger partial charge in [0.2, 0.25) is 5.91 Å². The van der Waals surface area contributed by atoms with Crippen molar-refractivity contribution in [2.45, 2.75) is 31.8 Å². The van der Waals surface area contributed by atoms with Gasteiger partial charge in [-0.15, -0.1) is 0 Å². The summed E-state index contributed by atoms with van der Waals surface area (Å²) < 4.78 is 0. The van der Waals surface area contributed by atoms with E-state index in [1.165, 1.54) is 11.1 Å². The van der Waals surface area contributed by atoms with Crippen molar-refractivity contribution in [3.8, 4) is 0 Å². The first kappa shape index (κ1) is 18.6. The molecule has 2 amide bonds. The van der Waals surface area contributed by atoms with Crippen LogP contribution in [0.3, 0.4) is 0 Å². The number of carbonyl (C=O) groups is 2. The minimum atomic E-state index is -0.425. The zero-order chi connectivity index (χ0) is 20.7. The summed E-state index contributed by atoms with van der Waals surface area (Å²) in [6, 6.07) is 23.7. The van der Waals surface area contributed by atoms with E-state index in [0.717, 1.165) is 23.1 Å². The normalized spacial score (nSPS) is 19.5. The van der Waals surface area contributed by atoms with Gasteiger partial charge >= 0.3 is 0 Å². The molecule has 0 aliphatic carbocycles. The Morgan fingerprint density at radius 1 is 0.967 bits per heavy atom. The third-order valence-corrected chi connectivity index (χ3v) is 6.30. The van der Waals surface area contributed by atoms with Gasteiger partial charge in [-0.2, -0.15) is 0 Å². The molecule has 5 rings (SSSR count). The number of amides is 2. The fourth-order valence-electron chi connectivity index (χ4n) is 4.76. The second-order valence-corrected chi connectivity index (χ2v) is 8.16. The second kappa shape index (κ2) is 7.45. The molecule has 3 aromatic carbocycles. The van der Waals surface area contributed by atoms with Crippen LogP contribution in [-0.2, 0) is 17.8 Å². The van der Waals surface area contributed by atoms with Crippen molar-refractivity contribution in [1.82, 2.24) is 10.2 Å². The third kappa shape index (κ3) is 3.09. The van der Waals surface area contributed by atoms with E-state index in [9.17, 15) is 9.59 Å². The Bertz CT molecular complexity index is 1120. The molecule has 0 unspecified atom stereocenters. The first-order valence-electron chi connectivity index (χ1n) is 10.4. The average molecular weight is 396 g/mol. The topological polar surface area (TPSA) is 49.4 Å². The predicted molar refractivity (Wildman–Crippen MR) is 116 cm³/mol. The molecule has 150 valence electrons. The van der Waals surface area contributed by atoms with Crippen LogP contribution < -0.4 is 5.32 Å². The van der Waals surface area contributed by atoms with E-state index >= 15 is 0 Å². The number of fused-ring (bicyclic) bond motifs is 4. The molecule has 0 saturated heterocycles. The van der Waals surface area contributed by atoms with Crippen LogP contribution >= 0.6 is 0 Å². The van der Waals surface area contributed by atoms with Crippen LogP contribution in [-0.4, -0.2) is 23.3 Å². The van der Waals surface area contributed by atoms with Gasteiger partial charge in [-0.3, -0.25) is 9.59 Å². The molecule has 4 heteroatoms. The van der Waals surface area contributed by atoms with Crippen molar-refractivity contribution in [2.75, 3.05) is 6.54 Å². The van der Waals surface area contributed by atoms with Crippen molar-refractivity contribution < 1.29 is 9.59 Å². The number of rotatable bonds is 3. The van der Waals surface area contributed by atoms with Gasteiger partial charge in [0, 0.05) is 18.7 Å². The maximum atomic E-state index is 13.5. The lowest BCUT2D eigenvalue weighted by Crippen LogP contribution is -2.50. The monoisotopic (exact) mass is 396 g/mol. The highest BCUT2D eigenvalue weighted by molar-refractivity contribution is 6.01. The first-order valence-corrected chi connectivity index (χ1v) is 10.4. The first-order chi connectivity index (χ1) is 14.6. The smallest absolute Gasteiger partial charge is 0.254 e. The fraction of sp³-hybridized carbons (Fsp3) is 0.231. The zero-order valence-electron chi connectivity index (χ0n) is 17.0. The Balaban J connectivity index is 1.53. The standard InChI is InChI=1S/C26H24N2O2/c1-17-10-12-18(13-11-17)16-27-25(29)23-21-8-4-5-9-22(21)26(30)28-15-14-19-6-2-3-7-20(19)24(23)28/h2-13,23-24H,14-16H2,1H3,(H,27,29)/t23-,24+/m0/s1. The van der Waals surface area contributed by atoms with E-state index < -0.39 is 5.92 Å². The van der Waals surface area contributed by atoms with Gasteiger partial charge < -0.3 is 10.2 Å². The molecule has 1 N–H and O–H groups in total. The Morgan fingerprint density at radius 2 is 1.67 bits per heavy atom. The van der Waals surface area contributed by atoms with Gasteiger partial charge in [0.25, 0.3) is 5.91 Å². The quantitative estimate of drug-likeness (QED) is 0.723. The van der Waals surface area contributed by atoms with E-state index in [0.29, 0.717) is 18.7 Å². The summed E-state index contributed by atoms with van der Waals surface area (Å²) in [7, 11) is 0. The van der Waals surface area contributed by atoms with E-state index in [-0.39, 0.29) is 17.9 Å². The maximum absolute atomic E-state index is 13.5. The lowest BCUT2D eigenvalue weighted by Gasteiger charge is -2.45. The van der Waals surface area contributed by atoms with Crippen molar-refractivity contribution >= 4 is 11.8 Å². The summed E-state index contributed by atoms with van der Waals surface area (Å²) >= 11 is 0. The largest absolute Gasteiger partial charge is 0.351 e. The van der Waals surface area contributed by atoms with E-state index in [2.05, 4.69) is 29.6 Å². The summed E-state index contributed by atoms with van der Waals surface area (Å²) in [6.45, 7) is 3.16. The van der Waals surface area contributed by atoms with Gasteiger partial charge in [-0.25, -0.2) is 0 Å². The van der Waals surface area contributed by atoms with Gasteiger partial charge in [0.1, 0.15) is 0 Å². The second-order valence-electron chi connectivity index (χ2n) is 8.16.